The van der Waals surface area contributed by atoms with E-state index in [4.69, 9.17) is 4.52 Å². The molecule has 9 atom stereocenters. The Morgan fingerprint density at radius 1 is 0.515 bits per heavy atom. The summed E-state index contributed by atoms with van der Waals surface area (Å²) in [6.45, 7) is 23.5. The number of nitrogens with one attached hydrogen (secondary N) is 5. The number of carbonyl (C=O) groups excluding carboxylic acids is 12. The van der Waals surface area contributed by atoms with E-state index < -0.39 is 156 Å². The van der Waals surface area contributed by atoms with Gasteiger partial charge in [-0.3, -0.25) is 67.0 Å². The summed E-state index contributed by atoms with van der Waals surface area (Å²) in [4.78, 5) is 205. The Balaban J connectivity index is 1.99. The molecule has 3 unspecified atom stereocenters. The van der Waals surface area contributed by atoms with Crippen molar-refractivity contribution in [2.24, 2.45) is 35.5 Å². The van der Waals surface area contributed by atoms with Gasteiger partial charge in [-0.15, -0.1) is 0 Å². The highest BCUT2D eigenvalue weighted by atomic mass is 16.5. The number of benzene rings is 1. The molecule has 2 aliphatic heterocycles. The molecule has 0 aliphatic carbocycles. The Morgan fingerprint density at radius 2 is 0.980 bits per heavy atom. The highest BCUT2D eigenvalue weighted by Gasteiger charge is 2.43. The van der Waals surface area contributed by atoms with E-state index in [1.165, 1.54) is 71.7 Å². The zero-order valence-electron chi connectivity index (χ0n) is 63.7. The van der Waals surface area contributed by atoms with Crippen molar-refractivity contribution in [1.82, 2.24) is 70.6 Å². The summed E-state index contributed by atoms with van der Waals surface area (Å²) < 4.78 is 4.77. The zero-order chi connectivity index (χ0) is 75.9. The Hall–Kier alpha value is -8.20. The number of rotatable bonds is 20. The number of hydrogen-bond donors (Lipinski definition) is 5. The van der Waals surface area contributed by atoms with E-state index in [9.17, 15) is 24.0 Å². The number of hydrogen-bond acceptors (Lipinski definition) is 15. The topological polar surface area (TPSA) is 338 Å². The molecule has 2 aromatic rings. The van der Waals surface area contributed by atoms with Gasteiger partial charge < -0.3 is 60.5 Å². The second-order valence-electron chi connectivity index (χ2n) is 30.2. The molecule has 566 valence electrons. The van der Waals surface area contributed by atoms with E-state index in [1.807, 2.05) is 76.2 Å². The SMILES string of the molecule is CCCCN1CC(=O)N(C)[C@@H](Cc2ccccc2)C(=O)N(C)C(CC(C)C)C(=O)N[C@@H](CC(C)C)C(=O)N(C)[C@@H](CC(C)C)C(=O)N[C@H](C(=O)N2CCCCC2)CC(=O)N(C)CC(=O)N(C)[C@@H](CC(C)C)C(=O)N[C@@H](C(C)C)C(=O)N(C)C(CC(C)C)C(=O)NC(CCc2noc(=O)[nH]2)C1=O. The van der Waals surface area contributed by atoms with Gasteiger partial charge in [-0.05, 0) is 105 Å². The minimum Gasteiger partial charge on any atom is -0.342 e. The van der Waals surface area contributed by atoms with Crippen LogP contribution >= 0.6 is 0 Å². The van der Waals surface area contributed by atoms with E-state index in [0.717, 1.165) is 11.3 Å². The lowest BCUT2D eigenvalue weighted by atomic mass is 9.96. The number of unbranched alkanes of at least 4 members (excludes halogenated alkanes) is 1. The number of likely N-dealkylation sites (N-methyl/N-ethyl adjacent to an activating group) is 6. The van der Waals surface area contributed by atoms with Crippen LogP contribution in [0.3, 0.4) is 0 Å². The van der Waals surface area contributed by atoms with Gasteiger partial charge in [0.2, 0.25) is 70.9 Å². The largest absolute Gasteiger partial charge is 0.438 e. The van der Waals surface area contributed by atoms with Crippen molar-refractivity contribution in [3.63, 3.8) is 0 Å². The van der Waals surface area contributed by atoms with Gasteiger partial charge in [0.05, 0.1) is 19.5 Å². The Labute approximate surface area is 598 Å². The lowest BCUT2D eigenvalue weighted by Crippen LogP contribution is -2.61. The Morgan fingerprint density at radius 3 is 1.48 bits per heavy atom. The molecule has 1 aromatic heterocycles. The second kappa shape index (κ2) is 40.4. The van der Waals surface area contributed by atoms with Crippen molar-refractivity contribution in [1.29, 1.82) is 0 Å². The molecule has 101 heavy (non-hydrogen) atoms. The Kier molecular flexibility index (Phi) is 34.1. The molecule has 2 fully saturated rings. The third kappa shape index (κ3) is 25.7. The van der Waals surface area contributed by atoms with Gasteiger partial charge in [-0.2, -0.15) is 0 Å². The maximum Gasteiger partial charge on any atom is 0.438 e. The molecular weight excluding hydrogens is 1300 g/mol. The van der Waals surface area contributed by atoms with Gasteiger partial charge in [-0.1, -0.05) is 132 Å². The summed E-state index contributed by atoms with van der Waals surface area (Å²) in [6.07, 6.45) is 2.81. The van der Waals surface area contributed by atoms with Crippen LogP contribution < -0.4 is 27.0 Å². The predicted molar refractivity (Wildman–Crippen MR) is 382 cm³/mol. The Bertz CT molecular complexity index is 3160. The third-order valence-corrected chi connectivity index (χ3v) is 18.9. The number of nitrogens with zero attached hydrogens (tertiary/aromatic N) is 9. The van der Waals surface area contributed by atoms with Crippen molar-refractivity contribution in [3.05, 3.63) is 52.3 Å². The van der Waals surface area contributed by atoms with Crippen molar-refractivity contribution < 1.29 is 62.1 Å². The lowest BCUT2D eigenvalue weighted by molar-refractivity contribution is -0.151. The average Bonchev–Trinajstić information content (AvgIpc) is 0.965. The zero-order valence-corrected chi connectivity index (χ0v) is 63.7. The van der Waals surface area contributed by atoms with Gasteiger partial charge in [0.15, 0.2) is 5.82 Å². The van der Waals surface area contributed by atoms with E-state index in [2.05, 4.69) is 31.4 Å². The highest BCUT2D eigenvalue weighted by Crippen LogP contribution is 2.24. The lowest BCUT2D eigenvalue weighted by Gasteiger charge is -2.37. The molecule has 2 saturated heterocycles. The molecule has 5 N–H and O–H groups in total. The first kappa shape index (κ1) is 85.2. The molecule has 2 aliphatic rings. The molecule has 28 heteroatoms. The number of likely N-dealkylation sites (tertiary alicyclic amines) is 1. The van der Waals surface area contributed by atoms with E-state index in [-0.39, 0.29) is 93.3 Å². The second-order valence-corrected chi connectivity index (χ2v) is 30.2. The van der Waals surface area contributed by atoms with Crippen LogP contribution in [0.2, 0.25) is 0 Å². The predicted octanol–water partition coefficient (Wildman–Crippen LogP) is 4.00. The van der Waals surface area contributed by atoms with Crippen LogP contribution in [0.25, 0.3) is 0 Å². The van der Waals surface area contributed by atoms with Crippen LogP contribution in [0.4, 0.5) is 0 Å². The van der Waals surface area contributed by atoms with E-state index >= 15 is 38.4 Å². The molecule has 1 aromatic carbocycles. The fraction of sp³-hybridized carbons (Fsp3) is 0.726. The summed E-state index contributed by atoms with van der Waals surface area (Å²) in [5, 5.41) is 15.4. The number of piperidine rings is 1. The van der Waals surface area contributed by atoms with Crippen LogP contribution in [0, 0.1) is 35.5 Å². The minimum atomic E-state index is -1.45. The van der Waals surface area contributed by atoms with Crippen molar-refractivity contribution in [3.8, 4) is 0 Å². The van der Waals surface area contributed by atoms with Crippen LogP contribution in [0.15, 0.2) is 39.6 Å². The van der Waals surface area contributed by atoms with Crippen LogP contribution in [-0.2, 0) is 70.4 Å². The van der Waals surface area contributed by atoms with Gasteiger partial charge >= 0.3 is 5.76 Å². The normalized spacial score (nSPS) is 24.0. The van der Waals surface area contributed by atoms with Crippen LogP contribution in [0.5, 0.6) is 0 Å². The molecular formula is C73H120N14O14. The number of amides is 12. The van der Waals surface area contributed by atoms with Gasteiger partial charge in [0.1, 0.15) is 54.4 Å². The minimum absolute atomic E-state index is 0.0141. The monoisotopic (exact) mass is 1420 g/mol. The molecule has 0 spiro atoms. The number of H-pyrrole nitrogens is 1. The summed E-state index contributed by atoms with van der Waals surface area (Å²) in [5.41, 5.74) is 0.665. The summed E-state index contributed by atoms with van der Waals surface area (Å²) >= 11 is 0. The molecule has 12 amide bonds. The first-order valence-electron chi connectivity index (χ1n) is 36.3. The highest BCUT2D eigenvalue weighted by molar-refractivity contribution is 6.00. The van der Waals surface area contributed by atoms with Gasteiger partial charge in [0.25, 0.3) is 0 Å². The van der Waals surface area contributed by atoms with Gasteiger partial charge in [-0.25, -0.2) is 4.79 Å². The molecule has 0 bridgehead atoms. The third-order valence-electron chi connectivity index (χ3n) is 18.9. The number of aromatic nitrogens is 2. The van der Waals surface area contributed by atoms with Crippen molar-refractivity contribution in [2.45, 2.75) is 234 Å². The standard InChI is InChI=1S/C73H120N14O14/c1-20-21-32-87-43-62(90)82(16)58(40-50-28-24-22-25-29-50)71(98)84(18)56(38-47(8)9)66(93)75-52(35-44(2)3)68(95)83(17)55(37-46(6)7)65(92)76-53(70(97)86-33-26-23-27-34-86)41-60(88)80(14)42-61(89)81(15)54(36-45(4)5)67(94)78-63(49(12)13)72(99)85(19)57(39-48(10)11)64(91)74-51(69(87)96)30-31-59-77-73(100)101-79-59/h22,24-25,28-29,44-49,51-58,63H,20-21,23,26-27,30-43H2,1-19H3,(H,74,91)(H,75,93)(H,76,92)(H,78,94)(H,77,79,100)/t51?,52-,53-,54-,55-,56?,57?,58-,63-/m0/s1. The molecule has 0 saturated carbocycles. The summed E-state index contributed by atoms with van der Waals surface area (Å²) in [6, 6.07) is -2.63. The fourth-order valence-electron chi connectivity index (χ4n) is 12.8. The maximum absolute atomic E-state index is 15.5. The van der Waals surface area contributed by atoms with Crippen molar-refractivity contribution >= 4 is 70.9 Å². The molecule has 0 radical (unpaired) electrons. The summed E-state index contributed by atoms with van der Waals surface area (Å²) in [5.74, 6) is -10.4. The molecule has 28 nitrogen and oxygen atoms in total. The van der Waals surface area contributed by atoms with E-state index in [0.29, 0.717) is 44.3 Å². The smallest absolute Gasteiger partial charge is 0.342 e. The average molecular weight is 1420 g/mol. The van der Waals surface area contributed by atoms with E-state index in [1.54, 1.807) is 49.1 Å². The first-order chi connectivity index (χ1) is 47.4. The number of aromatic amines is 1. The van der Waals surface area contributed by atoms with Crippen LogP contribution in [-0.4, -0.2) is 250 Å². The number of aryl methyl sites for hydroxylation is 1. The first-order valence-corrected chi connectivity index (χ1v) is 36.3. The number of carbonyl (C=O) groups is 12. The quantitative estimate of drug-likeness (QED) is 0.125. The maximum atomic E-state index is 15.5. The van der Waals surface area contributed by atoms with Crippen molar-refractivity contribution in [2.75, 3.05) is 75.0 Å². The van der Waals surface area contributed by atoms with Crippen LogP contribution in [0.1, 0.15) is 178 Å². The summed E-state index contributed by atoms with van der Waals surface area (Å²) in [7, 11) is 8.55. The molecule has 3 heterocycles. The molecule has 4 rings (SSSR count). The van der Waals surface area contributed by atoms with Gasteiger partial charge in [0, 0.05) is 74.8 Å². The fourth-order valence-corrected chi connectivity index (χ4v) is 12.8.